The highest BCUT2D eigenvalue weighted by molar-refractivity contribution is 7.19. The van der Waals surface area contributed by atoms with Gasteiger partial charge in [0.2, 0.25) is 0 Å². The van der Waals surface area contributed by atoms with Crippen molar-refractivity contribution < 1.29 is 15.0 Å². The summed E-state index contributed by atoms with van der Waals surface area (Å²) in [7, 11) is 0. The van der Waals surface area contributed by atoms with E-state index in [9.17, 15) is 9.90 Å². The van der Waals surface area contributed by atoms with E-state index in [4.69, 9.17) is 5.11 Å². The molecular weight excluding hydrogens is 236 g/mol. The van der Waals surface area contributed by atoms with Crippen LogP contribution in [0.5, 0.6) is 5.75 Å². The van der Waals surface area contributed by atoms with Crippen LogP contribution in [-0.2, 0) is 11.2 Å². The van der Waals surface area contributed by atoms with E-state index in [1.165, 1.54) is 11.3 Å². The number of hydrogen-bond acceptors (Lipinski definition) is 3. The van der Waals surface area contributed by atoms with Crippen LogP contribution in [0.15, 0.2) is 24.3 Å². The van der Waals surface area contributed by atoms with Gasteiger partial charge >= 0.3 is 5.97 Å². The Hall–Kier alpha value is -1.55. The largest absolute Gasteiger partial charge is 0.508 e. The molecule has 0 bridgehead atoms. The van der Waals surface area contributed by atoms with Crippen molar-refractivity contribution in [1.82, 2.24) is 0 Å². The minimum Gasteiger partial charge on any atom is -0.508 e. The number of rotatable bonds is 3. The van der Waals surface area contributed by atoms with Crippen molar-refractivity contribution >= 4 is 27.4 Å². The fourth-order valence-electron chi connectivity index (χ4n) is 1.67. The van der Waals surface area contributed by atoms with Crippen LogP contribution in [0.3, 0.4) is 0 Å². The molecule has 0 saturated carbocycles. The van der Waals surface area contributed by atoms with E-state index in [-0.39, 0.29) is 5.75 Å². The van der Waals surface area contributed by atoms with Crippen LogP contribution in [0.4, 0.5) is 0 Å². The molecule has 0 radical (unpaired) electrons. The molecule has 1 heterocycles. The second kappa shape index (κ2) is 4.04. The Kier molecular flexibility index (Phi) is 2.83. The monoisotopic (exact) mass is 250 g/mol. The Morgan fingerprint density at radius 2 is 2.06 bits per heavy atom. The van der Waals surface area contributed by atoms with Gasteiger partial charge in [-0.3, -0.25) is 4.79 Å². The third kappa shape index (κ3) is 2.42. The highest BCUT2D eigenvalue weighted by atomic mass is 32.1. The number of fused-ring (bicyclic) bond motifs is 1. The molecule has 90 valence electrons. The maximum atomic E-state index is 11.1. The van der Waals surface area contributed by atoms with Crippen molar-refractivity contribution in [2.75, 3.05) is 0 Å². The molecule has 0 aliphatic rings. The number of hydrogen-bond donors (Lipinski definition) is 2. The predicted molar refractivity (Wildman–Crippen MR) is 68.6 cm³/mol. The van der Waals surface area contributed by atoms with Crippen LogP contribution < -0.4 is 0 Å². The minimum absolute atomic E-state index is 0.239. The summed E-state index contributed by atoms with van der Waals surface area (Å²) in [6, 6.07) is 7.18. The molecule has 0 fully saturated rings. The zero-order chi connectivity index (χ0) is 12.6. The highest BCUT2D eigenvalue weighted by Crippen LogP contribution is 2.32. The molecule has 0 unspecified atom stereocenters. The van der Waals surface area contributed by atoms with Crippen LogP contribution in [0.25, 0.3) is 10.1 Å². The first kappa shape index (κ1) is 11.9. The summed E-state index contributed by atoms with van der Waals surface area (Å²) in [6.45, 7) is 3.44. The van der Waals surface area contributed by atoms with E-state index < -0.39 is 11.4 Å². The Bertz CT molecular complexity index is 569. The van der Waals surface area contributed by atoms with Crippen molar-refractivity contribution in [3.8, 4) is 5.75 Å². The van der Waals surface area contributed by atoms with Crippen molar-refractivity contribution in [2.24, 2.45) is 5.41 Å². The number of phenols is 1. The molecule has 0 aliphatic heterocycles. The van der Waals surface area contributed by atoms with Gasteiger partial charge in [0.05, 0.1) is 5.41 Å². The van der Waals surface area contributed by atoms with Gasteiger partial charge in [0.25, 0.3) is 0 Å². The van der Waals surface area contributed by atoms with Gasteiger partial charge in [-0.2, -0.15) is 0 Å². The smallest absolute Gasteiger partial charge is 0.309 e. The lowest BCUT2D eigenvalue weighted by Gasteiger charge is -2.17. The normalized spacial score (nSPS) is 11.9. The van der Waals surface area contributed by atoms with Crippen molar-refractivity contribution in [3.63, 3.8) is 0 Å². The minimum atomic E-state index is -0.794. The molecule has 4 heteroatoms. The molecule has 1 aromatic carbocycles. The van der Waals surface area contributed by atoms with Crippen molar-refractivity contribution in [1.29, 1.82) is 0 Å². The van der Waals surface area contributed by atoms with E-state index in [0.717, 1.165) is 15.0 Å². The van der Waals surface area contributed by atoms with Gasteiger partial charge in [-0.15, -0.1) is 11.3 Å². The summed E-state index contributed by atoms with van der Waals surface area (Å²) in [4.78, 5) is 12.1. The third-order valence-corrected chi connectivity index (χ3v) is 3.85. The number of phenolic OH excluding ortho intramolecular Hbond substituents is 1. The van der Waals surface area contributed by atoms with Gasteiger partial charge in [-0.1, -0.05) is 0 Å². The molecule has 0 aliphatic carbocycles. The summed E-state index contributed by atoms with van der Waals surface area (Å²) in [5.41, 5.74) is -0.761. The van der Waals surface area contributed by atoms with Crippen molar-refractivity contribution in [2.45, 2.75) is 20.3 Å². The fraction of sp³-hybridized carbons (Fsp3) is 0.308. The van der Waals surface area contributed by atoms with E-state index in [1.54, 1.807) is 26.0 Å². The first-order valence-electron chi connectivity index (χ1n) is 5.33. The maximum absolute atomic E-state index is 11.1. The number of aliphatic carboxylic acids is 1. The number of carboxylic acids is 1. The topological polar surface area (TPSA) is 57.5 Å². The van der Waals surface area contributed by atoms with Gasteiger partial charge < -0.3 is 10.2 Å². The SMILES string of the molecule is CC(C)(Cc1cc2ccc(O)cc2s1)C(=O)O. The highest BCUT2D eigenvalue weighted by Gasteiger charge is 2.28. The Balaban J connectivity index is 2.34. The number of benzene rings is 1. The zero-order valence-corrected chi connectivity index (χ0v) is 10.5. The molecule has 2 aromatic rings. The molecule has 0 saturated heterocycles. The fourth-order valence-corrected chi connectivity index (χ4v) is 3.00. The molecular formula is C13H14O3S. The Morgan fingerprint density at radius 1 is 1.35 bits per heavy atom. The van der Waals surface area contributed by atoms with Crippen LogP contribution in [0.1, 0.15) is 18.7 Å². The molecule has 3 nitrogen and oxygen atoms in total. The third-order valence-electron chi connectivity index (χ3n) is 2.75. The summed E-state index contributed by atoms with van der Waals surface area (Å²) in [5, 5.41) is 19.5. The number of aromatic hydroxyl groups is 1. The second-order valence-electron chi connectivity index (χ2n) is 4.80. The molecule has 2 N–H and O–H groups in total. The van der Waals surface area contributed by atoms with Gasteiger partial charge in [0.1, 0.15) is 5.75 Å². The van der Waals surface area contributed by atoms with Crippen LogP contribution >= 0.6 is 11.3 Å². The van der Waals surface area contributed by atoms with Crippen molar-refractivity contribution in [3.05, 3.63) is 29.1 Å². The quantitative estimate of drug-likeness (QED) is 0.879. The average molecular weight is 250 g/mol. The molecule has 17 heavy (non-hydrogen) atoms. The second-order valence-corrected chi connectivity index (χ2v) is 5.97. The molecule has 2 rings (SSSR count). The van der Waals surface area contributed by atoms with E-state index in [0.29, 0.717) is 6.42 Å². The molecule has 0 spiro atoms. The molecule has 1 aromatic heterocycles. The summed E-state index contributed by atoms with van der Waals surface area (Å²) < 4.78 is 0.987. The lowest BCUT2D eigenvalue weighted by Crippen LogP contribution is -2.25. The number of thiophene rings is 1. The first-order valence-corrected chi connectivity index (χ1v) is 6.15. The number of carbonyl (C=O) groups is 1. The van der Waals surface area contributed by atoms with E-state index >= 15 is 0 Å². The van der Waals surface area contributed by atoms with E-state index in [1.807, 2.05) is 12.1 Å². The Labute approximate surface area is 103 Å². The first-order chi connectivity index (χ1) is 7.88. The average Bonchev–Trinajstić information content (AvgIpc) is 2.57. The standard InChI is InChI=1S/C13H14O3S/c1-13(2,12(15)16)7-10-5-8-3-4-9(14)6-11(8)17-10/h3-6,14H,7H2,1-2H3,(H,15,16). The van der Waals surface area contributed by atoms with Gasteiger partial charge in [-0.05, 0) is 49.9 Å². The Morgan fingerprint density at radius 3 is 2.71 bits per heavy atom. The van der Waals surface area contributed by atoms with Gasteiger partial charge in [0.15, 0.2) is 0 Å². The maximum Gasteiger partial charge on any atom is 0.309 e. The zero-order valence-electron chi connectivity index (χ0n) is 9.73. The van der Waals surface area contributed by atoms with E-state index in [2.05, 4.69) is 0 Å². The van der Waals surface area contributed by atoms with Crippen LogP contribution in [0, 0.1) is 5.41 Å². The molecule has 0 atom stereocenters. The summed E-state index contributed by atoms with van der Waals surface area (Å²) in [5.74, 6) is -0.554. The summed E-state index contributed by atoms with van der Waals surface area (Å²) >= 11 is 1.53. The lowest BCUT2D eigenvalue weighted by atomic mass is 9.89. The number of carboxylic acid groups (broad SMARTS) is 1. The lowest BCUT2D eigenvalue weighted by molar-refractivity contribution is -0.146. The summed E-state index contributed by atoms with van der Waals surface area (Å²) in [6.07, 6.45) is 0.502. The van der Waals surface area contributed by atoms with Gasteiger partial charge in [-0.25, -0.2) is 0 Å². The van der Waals surface area contributed by atoms with Gasteiger partial charge in [0, 0.05) is 9.58 Å². The van der Waals surface area contributed by atoms with Crippen LogP contribution in [-0.4, -0.2) is 16.2 Å². The predicted octanol–water partition coefficient (Wildman–Crippen LogP) is 3.26. The van der Waals surface area contributed by atoms with Crippen LogP contribution in [0.2, 0.25) is 0 Å². The molecule has 0 amide bonds.